The lowest BCUT2D eigenvalue weighted by Crippen LogP contribution is -2.42. The zero-order chi connectivity index (χ0) is 19.4. The summed E-state index contributed by atoms with van der Waals surface area (Å²) in [5.41, 5.74) is 2.03. The third kappa shape index (κ3) is 4.35. The topological polar surface area (TPSA) is 66.9 Å². The van der Waals surface area contributed by atoms with Gasteiger partial charge in [-0.25, -0.2) is 4.79 Å². The molecule has 2 saturated heterocycles. The zero-order valence-electron chi connectivity index (χ0n) is 15.6. The highest BCUT2D eigenvalue weighted by Crippen LogP contribution is 2.34. The average Bonchev–Trinajstić information content (AvgIpc) is 2.96. The number of carbonyl (C=O) groups is 3. The summed E-state index contributed by atoms with van der Waals surface area (Å²) in [4.78, 5) is 40.3. The molecule has 3 rings (SSSR count). The third-order valence-corrected chi connectivity index (χ3v) is 5.63. The van der Waals surface area contributed by atoms with Crippen molar-refractivity contribution in [3.63, 3.8) is 0 Å². The largest absolute Gasteiger partial charge is 0.464 e. The van der Waals surface area contributed by atoms with Crippen LogP contribution < -0.4 is 4.90 Å². The fraction of sp³-hybridized carbons (Fsp3) is 0.450. The quantitative estimate of drug-likeness (QED) is 0.566. The molecule has 2 aliphatic rings. The highest BCUT2D eigenvalue weighted by Gasteiger charge is 2.41. The van der Waals surface area contributed by atoms with Gasteiger partial charge >= 0.3 is 5.97 Å². The number of thioether (sulfide) groups is 1. The summed E-state index contributed by atoms with van der Waals surface area (Å²) < 4.78 is 4.92. The van der Waals surface area contributed by atoms with Crippen LogP contribution in [0.1, 0.15) is 38.7 Å². The molecular formula is C20H24N2O4S. The van der Waals surface area contributed by atoms with Crippen LogP contribution in [0.4, 0.5) is 10.5 Å². The Kier molecular flexibility index (Phi) is 6.21. The molecule has 1 aromatic carbocycles. The Morgan fingerprint density at radius 1 is 1.19 bits per heavy atom. The Morgan fingerprint density at radius 2 is 1.85 bits per heavy atom. The molecule has 6 nitrogen and oxygen atoms in total. The van der Waals surface area contributed by atoms with E-state index in [0.29, 0.717) is 4.91 Å². The van der Waals surface area contributed by atoms with Crippen LogP contribution in [0.25, 0.3) is 6.08 Å². The van der Waals surface area contributed by atoms with Crippen LogP contribution in [0.15, 0.2) is 29.2 Å². The normalized spacial score (nSPS) is 20.3. The predicted octanol–water partition coefficient (Wildman–Crippen LogP) is 3.66. The molecule has 2 amide bonds. The maximum absolute atomic E-state index is 12.6. The van der Waals surface area contributed by atoms with E-state index >= 15 is 0 Å². The highest BCUT2D eigenvalue weighted by molar-refractivity contribution is 8.18. The lowest BCUT2D eigenvalue weighted by Gasteiger charge is -2.28. The number of nitrogens with zero attached hydrogens (tertiary/aromatic N) is 2. The molecule has 2 heterocycles. The second-order valence-electron chi connectivity index (χ2n) is 6.62. The molecular weight excluding hydrogens is 364 g/mol. The standard InChI is InChI=1S/C20H24N2O4S/c1-3-26-19(24)14(2)22-18(23)17(27-20(22)25)13-15-7-9-16(10-8-15)21-11-5-4-6-12-21/h7-10,13-14H,3-6,11-12H2,1-2H3/b17-13+/t14-/m0/s1. The number of rotatable bonds is 5. The Bertz CT molecular complexity index is 754. The number of piperidine rings is 1. The Balaban J connectivity index is 1.72. The first kappa shape index (κ1) is 19.5. The second kappa shape index (κ2) is 8.61. The third-order valence-electron chi connectivity index (χ3n) is 4.75. The molecule has 0 unspecified atom stereocenters. The summed E-state index contributed by atoms with van der Waals surface area (Å²) in [7, 11) is 0. The Hall–Kier alpha value is -2.28. The van der Waals surface area contributed by atoms with E-state index in [4.69, 9.17) is 4.74 Å². The Morgan fingerprint density at radius 3 is 2.48 bits per heavy atom. The van der Waals surface area contributed by atoms with E-state index in [2.05, 4.69) is 4.90 Å². The van der Waals surface area contributed by atoms with Gasteiger partial charge in [0.1, 0.15) is 6.04 Å². The van der Waals surface area contributed by atoms with Crippen molar-refractivity contribution in [3.05, 3.63) is 34.7 Å². The number of amides is 2. The lowest BCUT2D eigenvalue weighted by atomic mass is 10.1. The molecule has 2 fully saturated rings. The van der Waals surface area contributed by atoms with Gasteiger partial charge in [-0.05, 0) is 68.6 Å². The number of carbonyl (C=O) groups excluding carboxylic acids is 3. The van der Waals surface area contributed by atoms with Crippen LogP contribution in [0.5, 0.6) is 0 Å². The van der Waals surface area contributed by atoms with Crippen LogP contribution in [0.3, 0.4) is 0 Å². The Labute approximate surface area is 163 Å². The summed E-state index contributed by atoms with van der Waals surface area (Å²) in [6.07, 6.45) is 5.42. The van der Waals surface area contributed by atoms with Crippen molar-refractivity contribution in [2.75, 3.05) is 24.6 Å². The summed E-state index contributed by atoms with van der Waals surface area (Å²) in [5.74, 6) is -1.03. The molecule has 27 heavy (non-hydrogen) atoms. The van der Waals surface area contributed by atoms with Gasteiger partial charge in [-0.15, -0.1) is 0 Å². The molecule has 0 bridgehead atoms. The highest BCUT2D eigenvalue weighted by atomic mass is 32.2. The predicted molar refractivity (Wildman–Crippen MR) is 106 cm³/mol. The SMILES string of the molecule is CCOC(=O)[C@H](C)N1C(=O)S/C(=C/c2ccc(N3CCCCC3)cc2)C1=O. The van der Waals surface area contributed by atoms with Crippen molar-refractivity contribution in [1.82, 2.24) is 4.90 Å². The minimum Gasteiger partial charge on any atom is -0.464 e. The van der Waals surface area contributed by atoms with Gasteiger partial charge in [0.25, 0.3) is 11.1 Å². The molecule has 0 radical (unpaired) electrons. The van der Waals surface area contributed by atoms with Crippen LogP contribution in [0, 0.1) is 0 Å². The minimum absolute atomic E-state index is 0.207. The fourth-order valence-electron chi connectivity index (χ4n) is 3.27. The van der Waals surface area contributed by atoms with Gasteiger partial charge in [-0.3, -0.25) is 14.5 Å². The van der Waals surface area contributed by atoms with E-state index < -0.39 is 23.2 Å². The maximum atomic E-state index is 12.6. The first-order valence-electron chi connectivity index (χ1n) is 9.30. The van der Waals surface area contributed by atoms with Crippen LogP contribution >= 0.6 is 11.8 Å². The van der Waals surface area contributed by atoms with E-state index in [0.717, 1.165) is 35.3 Å². The first-order chi connectivity index (χ1) is 13.0. The summed E-state index contributed by atoms with van der Waals surface area (Å²) in [6.45, 7) is 5.54. The molecule has 1 aromatic rings. The fourth-order valence-corrected chi connectivity index (χ4v) is 4.18. The van der Waals surface area contributed by atoms with Gasteiger partial charge in [0.05, 0.1) is 11.5 Å². The molecule has 0 saturated carbocycles. The number of ether oxygens (including phenoxy) is 1. The number of esters is 1. The van der Waals surface area contributed by atoms with Crippen LogP contribution in [0.2, 0.25) is 0 Å². The van der Waals surface area contributed by atoms with E-state index in [9.17, 15) is 14.4 Å². The molecule has 0 aliphatic carbocycles. The molecule has 0 aromatic heterocycles. The second-order valence-corrected chi connectivity index (χ2v) is 7.61. The van der Waals surface area contributed by atoms with Crippen molar-refractivity contribution in [3.8, 4) is 0 Å². The summed E-state index contributed by atoms with van der Waals surface area (Å²) in [5, 5.41) is -0.447. The van der Waals surface area contributed by atoms with Gasteiger partial charge in [0, 0.05) is 18.8 Å². The number of hydrogen-bond donors (Lipinski definition) is 0. The van der Waals surface area contributed by atoms with Crippen LogP contribution in [-0.4, -0.2) is 47.8 Å². The summed E-state index contributed by atoms with van der Waals surface area (Å²) in [6, 6.07) is 7.06. The average molecular weight is 388 g/mol. The smallest absolute Gasteiger partial charge is 0.329 e. The molecule has 1 atom stereocenters. The molecule has 7 heteroatoms. The van der Waals surface area contributed by atoms with E-state index in [-0.39, 0.29) is 6.61 Å². The molecule has 2 aliphatic heterocycles. The summed E-state index contributed by atoms with van der Waals surface area (Å²) >= 11 is 0.853. The number of benzene rings is 1. The van der Waals surface area contributed by atoms with Gasteiger partial charge in [-0.2, -0.15) is 0 Å². The molecule has 0 N–H and O–H groups in total. The first-order valence-corrected chi connectivity index (χ1v) is 10.1. The van der Waals surface area contributed by atoms with Crippen molar-refractivity contribution in [1.29, 1.82) is 0 Å². The van der Waals surface area contributed by atoms with Crippen molar-refractivity contribution >= 4 is 40.6 Å². The van der Waals surface area contributed by atoms with Gasteiger partial charge in [-0.1, -0.05) is 12.1 Å². The van der Waals surface area contributed by atoms with E-state index in [1.165, 1.54) is 31.9 Å². The molecule has 144 valence electrons. The van der Waals surface area contributed by atoms with Gasteiger partial charge in [0.15, 0.2) is 0 Å². The van der Waals surface area contributed by atoms with Gasteiger partial charge < -0.3 is 9.64 Å². The van der Waals surface area contributed by atoms with E-state index in [1.54, 1.807) is 13.0 Å². The maximum Gasteiger partial charge on any atom is 0.329 e. The number of imide groups is 1. The number of anilines is 1. The molecule has 0 spiro atoms. The number of hydrogen-bond acceptors (Lipinski definition) is 6. The van der Waals surface area contributed by atoms with Crippen molar-refractivity contribution < 1.29 is 19.1 Å². The van der Waals surface area contributed by atoms with Crippen molar-refractivity contribution in [2.45, 2.75) is 39.2 Å². The van der Waals surface area contributed by atoms with Crippen molar-refractivity contribution in [2.24, 2.45) is 0 Å². The van der Waals surface area contributed by atoms with Gasteiger partial charge in [0.2, 0.25) is 0 Å². The van der Waals surface area contributed by atoms with E-state index in [1.807, 2.05) is 24.3 Å². The minimum atomic E-state index is -0.926. The lowest BCUT2D eigenvalue weighted by molar-refractivity contribution is -0.150. The monoisotopic (exact) mass is 388 g/mol. The zero-order valence-corrected chi connectivity index (χ0v) is 16.5. The van der Waals surface area contributed by atoms with Crippen LogP contribution in [-0.2, 0) is 14.3 Å².